The minimum absolute atomic E-state index is 0.161. The highest BCUT2D eigenvalue weighted by atomic mass is 16.6. The summed E-state index contributed by atoms with van der Waals surface area (Å²) in [6.45, 7) is 1.26. The van der Waals surface area contributed by atoms with Crippen molar-refractivity contribution in [1.82, 2.24) is 4.90 Å². The molecule has 0 bridgehead atoms. The quantitative estimate of drug-likeness (QED) is 0.841. The van der Waals surface area contributed by atoms with Gasteiger partial charge in [-0.2, -0.15) is 0 Å². The molecule has 1 aromatic rings. The van der Waals surface area contributed by atoms with Crippen LogP contribution in [0.15, 0.2) is 30.3 Å². The van der Waals surface area contributed by atoms with Crippen LogP contribution in [0.4, 0.5) is 4.79 Å². The lowest BCUT2D eigenvalue weighted by atomic mass is 10.0. The van der Waals surface area contributed by atoms with E-state index in [1.807, 2.05) is 30.3 Å². The summed E-state index contributed by atoms with van der Waals surface area (Å²) in [7, 11) is 0. The molecule has 1 aromatic carbocycles. The fourth-order valence-corrected chi connectivity index (χ4v) is 2.69. The Morgan fingerprint density at radius 3 is 2.75 bits per heavy atom. The number of carbonyl (C=O) groups is 2. The Morgan fingerprint density at radius 2 is 2.05 bits per heavy atom. The predicted octanol–water partition coefficient (Wildman–Crippen LogP) is 1.61. The second kappa shape index (κ2) is 5.63. The highest BCUT2D eigenvalue weighted by Gasteiger charge is 2.41. The number of hydrogen-bond donors (Lipinski definition) is 0. The first-order valence-electron chi connectivity index (χ1n) is 6.87. The van der Waals surface area contributed by atoms with Gasteiger partial charge in [0, 0.05) is 6.61 Å². The van der Waals surface area contributed by atoms with Crippen molar-refractivity contribution < 1.29 is 19.1 Å². The first-order valence-corrected chi connectivity index (χ1v) is 6.87. The van der Waals surface area contributed by atoms with E-state index in [2.05, 4.69) is 0 Å². The van der Waals surface area contributed by atoms with Gasteiger partial charge < -0.3 is 9.47 Å². The zero-order valence-electron chi connectivity index (χ0n) is 11.2. The van der Waals surface area contributed by atoms with Gasteiger partial charge >= 0.3 is 6.09 Å². The molecule has 2 atom stereocenters. The van der Waals surface area contributed by atoms with Gasteiger partial charge in [0.25, 0.3) is 0 Å². The Bertz CT molecular complexity index is 496. The van der Waals surface area contributed by atoms with Crippen LogP contribution in [0.3, 0.4) is 0 Å². The molecule has 0 aliphatic carbocycles. The molecule has 106 valence electrons. The van der Waals surface area contributed by atoms with E-state index in [-0.39, 0.29) is 24.5 Å². The van der Waals surface area contributed by atoms with Crippen LogP contribution in [0, 0.1) is 5.92 Å². The molecule has 2 aliphatic rings. The smallest absolute Gasteiger partial charge is 0.416 e. The molecule has 2 amide bonds. The molecule has 0 N–H and O–H groups in total. The summed E-state index contributed by atoms with van der Waals surface area (Å²) < 4.78 is 10.3. The van der Waals surface area contributed by atoms with Crippen LogP contribution in [0.5, 0.6) is 0 Å². The average Bonchev–Trinajstić information content (AvgIpc) is 3.10. The third-order valence-corrected chi connectivity index (χ3v) is 3.79. The van der Waals surface area contributed by atoms with Crippen molar-refractivity contribution in [1.29, 1.82) is 0 Å². The second-order valence-electron chi connectivity index (χ2n) is 5.19. The van der Waals surface area contributed by atoms with E-state index in [1.54, 1.807) is 0 Å². The first-order chi connectivity index (χ1) is 9.75. The molecular weight excluding hydrogens is 258 g/mol. The van der Waals surface area contributed by atoms with Crippen LogP contribution in [0.1, 0.15) is 12.0 Å². The van der Waals surface area contributed by atoms with Gasteiger partial charge in [-0.1, -0.05) is 30.3 Å². The highest BCUT2D eigenvalue weighted by molar-refractivity contribution is 5.95. The Kier molecular flexibility index (Phi) is 3.69. The maximum absolute atomic E-state index is 12.4. The molecule has 5 nitrogen and oxygen atoms in total. The molecule has 2 saturated heterocycles. The number of nitrogens with zero attached hydrogens (tertiary/aromatic N) is 1. The van der Waals surface area contributed by atoms with E-state index in [0.29, 0.717) is 26.1 Å². The highest BCUT2D eigenvalue weighted by Crippen LogP contribution is 2.23. The first kappa shape index (κ1) is 13.1. The van der Waals surface area contributed by atoms with Crippen molar-refractivity contribution in [3.63, 3.8) is 0 Å². The van der Waals surface area contributed by atoms with E-state index in [0.717, 1.165) is 5.56 Å². The summed E-state index contributed by atoms with van der Waals surface area (Å²) in [5.74, 6) is -0.371. The molecular formula is C15H17NO4. The minimum atomic E-state index is -0.525. The topological polar surface area (TPSA) is 55.8 Å². The summed E-state index contributed by atoms with van der Waals surface area (Å²) in [5.41, 5.74) is 1.09. The van der Waals surface area contributed by atoms with E-state index in [9.17, 15) is 9.59 Å². The largest absolute Gasteiger partial charge is 0.447 e. The number of amides is 2. The molecule has 1 unspecified atom stereocenters. The van der Waals surface area contributed by atoms with Gasteiger partial charge in [-0.3, -0.25) is 4.79 Å². The second-order valence-corrected chi connectivity index (χ2v) is 5.19. The van der Waals surface area contributed by atoms with Gasteiger partial charge in [0.05, 0.1) is 18.6 Å². The molecule has 0 radical (unpaired) electrons. The van der Waals surface area contributed by atoms with Crippen molar-refractivity contribution in [3.8, 4) is 0 Å². The maximum Gasteiger partial charge on any atom is 0.416 e. The Hall–Kier alpha value is -1.88. The number of ether oxygens (including phenoxy) is 2. The molecule has 0 aromatic heterocycles. The third kappa shape index (κ3) is 2.54. The van der Waals surface area contributed by atoms with Crippen molar-refractivity contribution >= 4 is 12.0 Å². The zero-order chi connectivity index (χ0) is 13.9. The van der Waals surface area contributed by atoms with Gasteiger partial charge in [-0.25, -0.2) is 9.69 Å². The lowest BCUT2D eigenvalue weighted by molar-refractivity contribution is -0.133. The number of hydrogen-bond acceptors (Lipinski definition) is 4. The zero-order valence-corrected chi connectivity index (χ0v) is 11.2. The number of cyclic esters (lactones) is 1. The van der Waals surface area contributed by atoms with Crippen LogP contribution in [0.2, 0.25) is 0 Å². The lowest BCUT2D eigenvalue weighted by Crippen LogP contribution is -2.43. The molecule has 2 heterocycles. The Morgan fingerprint density at radius 1 is 1.25 bits per heavy atom. The summed E-state index contributed by atoms with van der Waals surface area (Å²) in [6.07, 6.45) is 0.787. The maximum atomic E-state index is 12.4. The van der Waals surface area contributed by atoms with E-state index < -0.39 is 6.09 Å². The van der Waals surface area contributed by atoms with Gasteiger partial charge in [-0.15, -0.1) is 0 Å². The number of carbonyl (C=O) groups excluding carboxylic acids is 2. The van der Waals surface area contributed by atoms with Gasteiger partial charge in [-0.05, 0) is 18.4 Å². The molecule has 2 fully saturated rings. The van der Waals surface area contributed by atoms with Crippen molar-refractivity contribution in [2.45, 2.75) is 18.9 Å². The van der Waals surface area contributed by atoms with E-state index >= 15 is 0 Å². The van der Waals surface area contributed by atoms with Crippen molar-refractivity contribution in [3.05, 3.63) is 35.9 Å². The van der Waals surface area contributed by atoms with Gasteiger partial charge in [0.15, 0.2) is 0 Å². The summed E-state index contributed by atoms with van der Waals surface area (Å²) in [5, 5.41) is 0. The Labute approximate surface area is 117 Å². The molecule has 0 spiro atoms. The monoisotopic (exact) mass is 275 g/mol. The Balaban J connectivity index is 1.73. The lowest BCUT2D eigenvalue weighted by Gasteiger charge is -2.22. The standard InChI is InChI=1S/C15H17NO4/c17-14(12-6-7-19-9-12)16-13(10-20-15(16)18)8-11-4-2-1-3-5-11/h1-5,12-13H,6-10H2/t12?,13-/m1/s1. The molecule has 2 aliphatic heterocycles. The molecule has 5 heteroatoms. The average molecular weight is 275 g/mol. The van der Waals surface area contributed by atoms with E-state index in [1.165, 1.54) is 4.90 Å². The number of benzene rings is 1. The van der Waals surface area contributed by atoms with Crippen LogP contribution < -0.4 is 0 Å². The normalized spacial score (nSPS) is 25.8. The van der Waals surface area contributed by atoms with Crippen LogP contribution in [0.25, 0.3) is 0 Å². The van der Waals surface area contributed by atoms with Crippen LogP contribution >= 0.6 is 0 Å². The molecule has 0 saturated carbocycles. The fraction of sp³-hybridized carbons (Fsp3) is 0.467. The van der Waals surface area contributed by atoms with Crippen molar-refractivity contribution in [2.75, 3.05) is 19.8 Å². The van der Waals surface area contributed by atoms with Gasteiger partial charge in [0.1, 0.15) is 6.61 Å². The minimum Gasteiger partial charge on any atom is -0.447 e. The SMILES string of the molecule is O=C1OC[C@@H](Cc2ccccc2)N1C(=O)C1CCOC1. The van der Waals surface area contributed by atoms with Crippen molar-refractivity contribution in [2.24, 2.45) is 5.92 Å². The predicted molar refractivity (Wildman–Crippen MR) is 71.1 cm³/mol. The number of imide groups is 1. The van der Waals surface area contributed by atoms with Gasteiger partial charge in [0.2, 0.25) is 5.91 Å². The summed E-state index contributed by atoms with van der Waals surface area (Å²) in [4.78, 5) is 25.5. The van der Waals surface area contributed by atoms with Crippen LogP contribution in [-0.2, 0) is 20.7 Å². The summed E-state index contributed by atoms with van der Waals surface area (Å²) >= 11 is 0. The fourth-order valence-electron chi connectivity index (χ4n) is 2.69. The molecule has 20 heavy (non-hydrogen) atoms. The van der Waals surface area contributed by atoms with E-state index in [4.69, 9.17) is 9.47 Å². The third-order valence-electron chi connectivity index (χ3n) is 3.79. The molecule has 3 rings (SSSR count). The number of rotatable bonds is 3. The summed E-state index contributed by atoms with van der Waals surface area (Å²) in [6, 6.07) is 9.61. The van der Waals surface area contributed by atoms with Crippen LogP contribution in [-0.4, -0.2) is 42.8 Å².